The van der Waals surface area contributed by atoms with Gasteiger partial charge in [-0.3, -0.25) is 4.98 Å². The fourth-order valence-corrected chi connectivity index (χ4v) is 4.27. The van der Waals surface area contributed by atoms with Crippen LogP contribution in [0.2, 0.25) is 5.02 Å². The zero-order valence-corrected chi connectivity index (χ0v) is 19.0. The fourth-order valence-electron chi connectivity index (χ4n) is 4.10. The predicted molar refractivity (Wildman–Crippen MR) is 119 cm³/mol. The van der Waals surface area contributed by atoms with Crippen molar-refractivity contribution in [3.63, 3.8) is 0 Å². The Bertz CT molecular complexity index is 1360. The monoisotopic (exact) mass is 527 g/mol. The summed E-state index contributed by atoms with van der Waals surface area (Å²) in [6.45, 7) is -0.569. The van der Waals surface area contributed by atoms with E-state index in [4.69, 9.17) is 16.3 Å². The maximum absolute atomic E-state index is 14.1. The Hall–Kier alpha value is -3.53. The minimum absolute atomic E-state index is 0.176. The highest BCUT2D eigenvalue weighted by Crippen LogP contribution is 2.44. The van der Waals surface area contributed by atoms with E-state index in [0.717, 1.165) is 12.3 Å². The Kier molecular flexibility index (Phi) is 6.99. The van der Waals surface area contributed by atoms with E-state index in [-0.39, 0.29) is 11.3 Å². The summed E-state index contributed by atoms with van der Waals surface area (Å²) >= 11 is 6.16. The van der Waals surface area contributed by atoms with E-state index in [1.807, 2.05) is 0 Å². The number of carboxylic acids is 1. The number of hydrogen-bond donors (Lipinski definition) is 1. The number of hydrogen-bond acceptors (Lipinski definition) is 3. The molecule has 0 saturated carbocycles. The highest BCUT2D eigenvalue weighted by Gasteiger charge is 2.38. The average molecular weight is 528 g/mol. The number of pyridine rings is 1. The van der Waals surface area contributed by atoms with E-state index in [1.54, 1.807) is 0 Å². The van der Waals surface area contributed by atoms with Crippen LogP contribution in [0.4, 0.5) is 26.3 Å². The number of carbonyl (C=O) groups is 1. The van der Waals surface area contributed by atoms with Crippen LogP contribution in [0, 0.1) is 17.5 Å². The first kappa shape index (κ1) is 25.6. The van der Waals surface area contributed by atoms with Crippen LogP contribution in [0.3, 0.4) is 0 Å². The van der Waals surface area contributed by atoms with Gasteiger partial charge in [0.15, 0.2) is 5.69 Å². The number of ether oxygens (including phenoxy) is 1. The summed E-state index contributed by atoms with van der Waals surface area (Å²) < 4.78 is 86.6. The molecule has 36 heavy (non-hydrogen) atoms. The predicted octanol–water partition coefficient (Wildman–Crippen LogP) is 7.54. The van der Waals surface area contributed by atoms with Gasteiger partial charge in [0.05, 0.1) is 11.1 Å². The molecule has 0 unspecified atom stereocenters. The summed E-state index contributed by atoms with van der Waals surface area (Å²) in [5, 5.41) is 9.62. The van der Waals surface area contributed by atoms with Crippen molar-refractivity contribution in [2.45, 2.75) is 32.0 Å². The minimum Gasteiger partial charge on any atom is -0.488 e. The summed E-state index contributed by atoms with van der Waals surface area (Å²) in [6, 6.07) is 6.46. The van der Waals surface area contributed by atoms with Gasteiger partial charge in [0, 0.05) is 28.9 Å². The Morgan fingerprint density at radius 3 is 2.33 bits per heavy atom. The first-order valence-corrected chi connectivity index (χ1v) is 10.9. The van der Waals surface area contributed by atoms with Gasteiger partial charge >= 0.3 is 12.1 Å². The molecule has 188 valence electrons. The molecule has 2 aromatic carbocycles. The summed E-state index contributed by atoms with van der Waals surface area (Å²) in [4.78, 5) is 14.9. The molecule has 0 aliphatic heterocycles. The van der Waals surface area contributed by atoms with E-state index in [2.05, 4.69) is 4.98 Å². The van der Waals surface area contributed by atoms with Crippen LogP contribution in [-0.4, -0.2) is 16.1 Å². The summed E-state index contributed by atoms with van der Waals surface area (Å²) in [6.07, 6.45) is -2.52. The lowest BCUT2D eigenvalue weighted by Gasteiger charge is -2.16. The Morgan fingerprint density at radius 1 is 1.03 bits per heavy atom. The lowest BCUT2D eigenvalue weighted by atomic mass is 9.96. The van der Waals surface area contributed by atoms with E-state index in [1.165, 1.54) is 18.2 Å². The molecular formula is C25H16ClF6NO3. The molecule has 0 spiro atoms. The van der Waals surface area contributed by atoms with Crippen LogP contribution in [0.25, 0.3) is 11.1 Å². The van der Waals surface area contributed by atoms with E-state index in [0.29, 0.717) is 53.1 Å². The number of aromatic nitrogens is 1. The maximum Gasteiger partial charge on any atom is 0.434 e. The van der Waals surface area contributed by atoms with Crippen molar-refractivity contribution in [1.29, 1.82) is 0 Å². The van der Waals surface area contributed by atoms with Crippen molar-refractivity contribution in [2.75, 3.05) is 0 Å². The minimum atomic E-state index is -4.95. The Labute approximate surface area is 205 Å². The van der Waals surface area contributed by atoms with Gasteiger partial charge in [-0.15, -0.1) is 0 Å². The third-order valence-corrected chi connectivity index (χ3v) is 5.93. The molecule has 4 nitrogen and oxygen atoms in total. The number of benzene rings is 2. The Balaban J connectivity index is 1.76. The van der Waals surface area contributed by atoms with Crippen LogP contribution in [0.15, 0.2) is 42.6 Å². The third-order valence-electron chi connectivity index (χ3n) is 5.70. The van der Waals surface area contributed by atoms with Gasteiger partial charge < -0.3 is 9.84 Å². The van der Waals surface area contributed by atoms with Crippen molar-refractivity contribution in [1.82, 2.24) is 4.98 Å². The second-order valence-electron chi connectivity index (χ2n) is 8.01. The van der Waals surface area contributed by atoms with Crippen molar-refractivity contribution in [3.8, 4) is 5.75 Å². The number of alkyl halides is 3. The number of nitrogens with zero attached hydrogens (tertiary/aromatic N) is 1. The molecule has 4 rings (SSSR count). The van der Waals surface area contributed by atoms with Crippen molar-refractivity contribution in [2.24, 2.45) is 0 Å². The molecule has 1 aliphatic rings. The van der Waals surface area contributed by atoms with Gasteiger partial charge in [-0.25, -0.2) is 18.0 Å². The van der Waals surface area contributed by atoms with E-state index < -0.39 is 53.0 Å². The van der Waals surface area contributed by atoms with E-state index in [9.17, 15) is 36.2 Å². The normalized spacial score (nSPS) is 13.9. The summed E-state index contributed by atoms with van der Waals surface area (Å²) in [5.41, 5.74) is -1.20. The molecule has 0 amide bonds. The molecule has 1 aliphatic carbocycles. The highest BCUT2D eigenvalue weighted by molar-refractivity contribution is 6.30. The highest BCUT2D eigenvalue weighted by atomic mass is 35.5. The standard InChI is InChI=1S/C25H16ClF6NO3/c26-13-4-5-22(36-11-19-20(28)8-14(27)9-21(19)29)17(7-13)16-3-1-2-15(16)12-6-18(24(34)35)23(33-10-12)25(30,31)32/h4-10H,1-3,11H2,(H,34,35). The summed E-state index contributed by atoms with van der Waals surface area (Å²) in [7, 11) is 0. The van der Waals surface area contributed by atoms with Crippen LogP contribution < -0.4 is 4.74 Å². The van der Waals surface area contributed by atoms with Gasteiger partial charge in [-0.05, 0) is 60.2 Å². The Morgan fingerprint density at radius 2 is 1.69 bits per heavy atom. The van der Waals surface area contributed by atoms with Crippen molar-refractivity contribution >= 4 is 28.7 Å². The van der Waals surface area contributed by atoms with Gasteiger partial charge in [0.25, 0.3) is 0 Å². The van der Waals surface area contributed by atoms with E-state index >= 15 is 0 Å². The van der Waals surface area contributed by atoms with Crippen molar-refractivity contribution < 1.29 is 41.0 Å². The number of halogens is 7. The molecule has 0 bridgehead atoms. The SMILES string of the molecule is O=C(O)c1cc(C2=C(c3cc(Cl)ccc3OCc3c(F)cc(F)cc3F)CCC2)cnc1C(F)(F)F. The molecule has 3 aromatic rings. The number of carboxylic acid groups (broad SMARTS) is 1. The smallest absolute Gasteiger partial charge is 0.434 e. The second-order valence-corrected chi connectivity index (χ2v) is 8.45. The molecule has 1 N–H and O–H groups in total. The molecular weight excluding hydrogens is 512 g/mol. The topological polar surface area (TPSA) is 59.4 Å². The zero-order valence-electron chi connectivity index (χ0n) is 18.2. The quantitative estimate of drug-likeness (QED) is 0.336. The van der Waals surface area contributed by atoms with Gasteiger partial charge in [0.2, 0.25) is 0 Å². The molecule has 0 radical (unpaired) electrons. The molecule has 0 fully saturated rings. The lowest BCUT2D eigenvalue weighted by molar-refractivity contribution is -0.141. The number of allylic oxidation sites excluding steroid dienone is 2. The zero-order chi connectivity index (χ0) is 26.2. The van der Waals surface area contributed by atoms with Crippen molar-refractivity contribution in [3.05, 3.63) is 93.0 Å². The van der Waals surface area contributed by atoms with Crippen LogP contribution >= 0.6 is 11.6 Å². The molecule has 1 aromatic heterocycles. The largest absolute Gasteiger partial charge is 0.488 e. The van der Waals surface area contributed by atoms with Crippen LogP contribution in [-0.2, 0) is 12.8 Å². The number of aromatic carboxylic acids is 1. The molecule has 11 heteroatoms. The third kappa shape index (κ3) is 5.18. The lowest BCUT2D eigenvalue weighted by Crippen LogP contribution is -2.15. The molecule has 0 atom stereocenters. The fraction of sp³-hybridized carbons (Fsp3) is 0.200. The van der Waals surface area contributed by atoms with Gasteiger partial charge in [0.1, 0.15) is 29.8 Å². The average Bonchev–Trinajstić information content (AvgIpc) is 3.28. The number of rotatable bonds is 6. The summed E-state index contributed by atoms with van der Waals surface area (Å²) in [5.74, 6) is -4.92. The second kappa shape index (κ2) is 9.85. The van der Waals surface area contributed by atoms with Crippen LogP contribution in [0.1, 0.15) is 52.0 Å². The van der Waals surface area contributed by atoms with Gasteiger partial charge in [-0.2, -0.15) is 13.2 Å². The molecule has 1 heterocycles. The first-order valence-electron chi connectivity index (χ1n) is 10.5. The van der Waals surface area contributed by atoms with Gasteiger partial charge in [-0.1, -0.05) is 11.6 Å². The molecule has 0 saturated heterocycles. The first-order chi connectivity index (χ1) is 17.0. The maximum atomic E-state index is 14.1. The van der Waals surface area contributed by atoms with Crippen LogP contribution in [0.5, 0.6) is 5.75 Å².